The van der Waals surface area contributed by atoms with Crippen LogP contribution in [0.25, 0.3) is 0 Å². The summed E-state index contributed by atoms with van der Waals surface area (Å²) in [5, 5.41) is 13.7. The largest absolute Gasteiger partial charge is 0.334 e. The molecule has 160 valence electrons. The summed E-state index contributed by atoms with van der Waals surface area (Å²) < 4.78 is 0. The van der Waals surface area contributed by atoms with Gasteiger partial charge in [0.25, 0.3) is 5.69 Å². The summed E-state index contributed by atoms with van der Waals surface area (Å²) in [5.74, 6) is -2.70. The van der Waals surface area contributed by atoms with Crippen LogP contribution in [0, 0.1) is 29.9 Å². The van der Waals surface area contributed by atoms with Crippen molar-refractivity contribution in [1.29, 1.82) is 0 Å². The third kappa shape index (κ3) is 3.77. The molecule has 2 aliphatic rings. The second-order valence-corrected chi connectivity index (χ2v) is 7.88. The monoisotopic (exact) mass is 416 g/mol. The van der Waals surface area contributed by atoms with E-state index in [1.165, 1.54) is 6.07 Å². The van der Waals surface area contributed by atoms with Crippen molar-refractivity contribution in [3.8, 4) is 0 Å². The molecule has 10 heteroatoms. The molecule has 1 heterocycles. The summed E-state index contributed by atoms with van der Waals surface area (Å²) in [5.41, 5.74) is 0.953. The highest BCUT2D eigenvalue weighted by molar-refractivity contribution is 6.45. The molecule has 0 aromatic heterocycles. The Morgan fingerprint density at radius 1 is 1.17 bits per heavy atom. The Morgan fingerprint density at radius 2 is 1.83 bits per heavy atom. The normalized spacial score (nSPS) is 21.9. The molecule has 1 aromatic carbocycles. The van der Waals surface area contributed by atoms with Crippen molar-refractivity contribution >= 4 is 35.1 Å². The van der Waals surface area contributed by atoms with Crippen LogP contribution >= 0.6 is 0 Å². The molecular formula is C20H24N4O6. The quantitative estimate of drug-likeness (QED) is 0.340. The number of carbonyl (C=O) groups excluding carboxylic acids is 4. The molecule has 10 nitrogen and oxygen atoms in total. The van der Waals surface area contributed by atoms with Gasteiger partial charge in [0.05, 0.1) is 4.92 Å². The summed E-state index contributed by atoms with van der Waals surface area (Å²) in [7, 11) is 0. The lowest BCUT2D eigenvalue weighted by Crippen LogP contribution is -2.46. The molecular weight excluding hydrogens is 392 g/mol. The molecule has 5 amide bonds. The van der Waals surface area contributed by atoms with E-state index in [2.05, 4.69) is 5.32 Å². The number of amides is 5. The number of nitrogens with zero attached hydrogens (tertiary/aromatic N) is 3. The number of nitro groups is 1. The molecule has 1 saturated carbocycles. The minimum atomic E-state index is -1.05. The van der Waals surface area contributed by atoms with E-state index in [0.29, 0.717) is 16.9 Å². The zero-order valence-corrected chi connectivity index (χ0v) is 17.1. The maximum absolute atomic E-state index is 12.8. The van der Waals surface area contributed by atoms with Gasteiger partial charge in [0.1, 0.15) is 12.2 Å². The first-order valence-electron chi connectivity index (χ1n) is 9.87. The van der Waals surface area contributed by atoms with Gasteiger partial charge in [-0.3, -0.25) is 29.4 Å². The Labute approximate surface area is 173 Å². The second-order valence-electron chi connectivity index (χ2n) is 7.88. The van der Waals surface area contributed by atoms with Gasteiger partial charge in [-0.15, -0.1) is 0 Å². The van der Waals surface area contributed by atoms with Gasteiger partial charge in [-0.2, -0.15) is 0 Å². The summed E-state index contributed by atoms with van der Waals surface area (Å²) in [6, 6.07) is 1.67. The average Bonchev–Trinajstić information content (AvgIpc) is 2.89. The van der Waals surface area contributed by atoms with Crippen LogP contribution in [0.1, 0.15) is 43.7 Å². The predicted octanol–water partition coefficient (Wildman–Crippen LogP) is 2.52. The van der Waals surface area contributed by atoms with Crippen LogP contribution in [0.5, 0.6) is 0 Å². The van der Waals surface area contributed by atoms with Crippen LogP contribution in [0.15, 0.2) is 12.1 Å². The average molecular weight is 416 g/mol. The van der Waals surface area contributed by atoms with Crippen LogP contribution in [0.2, 0.25) is 0 Å². The number of nitrogens with one attached hydrogen (secondary N) is 1. The van der Waals surface area contributed by atoms with Crippen molar-refractivity contribution in [2.24, 2.45) is 5.92 Å². The molecule has 1 N–H and O–H groups in total. The number of hydrogen-bond donors (Lipinski definition) is 1. The van der Waals surface area contributed by atoms with Crippen molar-refractivity contribution in [3.63, 3.8) is 0 Å². The molecule has 30 heavy (non-hydrogen) atoms. The third-order valence-electron chi connectivity index (χ3n) is 5.96. The summed E-state index contributed by atoms with van der Waals surface area (Å²) in [6.07, 6.45) is 3.34. The van der Waals surface area contributed by atoms with Gasteiger partial charge in [0, 0.05) is 12.1 Å². The number of urea groups is 1. The number of anilines is 1. The van der Waals surface area contributed by atoms with E-state index >= 15 is 0 Å². The predicted molar refractivity (Wildman–Crippen MR) is 107 cm³/mol. The molecule has 2 atom stereocenters. The fourth-order valence-corrected chi connectivity index (χ4v) is 4.07. The van der Waals surface area contributed by atoms with Gasteiger partial charge < -0.3 is 5.32 Å². The molecule has 3 rings (SSSR count). The van der Waals surface area contributed by atoms with Gasteiger partial charge in [-0.05, 0) is 43.7 Å². The molecule has 1 saturated heterocycles. The van der Waals surface area contributed by atoms with Gasteiger partial charge in [0.2, 0.25) is 5.91 Å². The van der Waals surface area contributed by atoms with Crippen molar-refractivity contribution in [2.75, 3.05) is 11.9 Å². The van der Waals surface area contributed by atoms with Crippen molar-refractivity contribution in [2.45, 2.75) is 52.5 Å². The third-order valence-corrected chi connectivity index (χ3v) is 5.96. The number of benzene rings is 1. The lowest BCUT2D eigenvalue weighted by molar-refractivity contribution is -0.384. The molecule has 1 aliphatic carbocycles. The maximum Gasteiger partial charge on any atom is 0.334 e. The summed E-state index contributed by atoms with van der Waals surface area (Å²) >= 11 is 0. The van der Waals surface area contributed by atoms with Gasteiger partial charge in [-0.25, -0.2) is 9.69 Å². The number of nitro benzene ring substituents is 1. The van der Waals surface area contributed by atoms with E-state index < -0.39 is 35.2 Å². The van der Waals surface area contributed by atoms with E-state index in [0.717, 1.165) is 29.7 Å². The van der Waals surface area contributed by atoms with Gasteiger partial charge in [-0.1, -0.05) is 25.8 Å². The zero-order chi connectivity index (χ0) is 22.2. The fourth-order valence-electron chi connectivity index (χ4n) is 4.07. The van der Waals surface area contributed by atoms with E-state index in [1.807, 2.05) is 6.92 Å². The second kappa shape index (κ2) is 8.21. The standard InChI is InChI=1S/C20H24N4O6/c1-11-8-9-15(24(29)30)17(13(11)3)21-16(25)10-22-18(26)19(27)23(20(22)28)14-7-5-4-6-12(14)2/h8-9,12,14H,4-7,10H2,1-3H3,(H,21,25)/t12-,14-/m0/s1. The van der Waals surface area contributed by atoms with Crippen molar-refractivity contribution < 1.29 is 24.1 Å². The van der Waals surface area contributed by atoms with Crippen LogP contribution in [0.3, 0.4) is 0 Å². The summed E-state index contributed by atoms with van der Waals surface area (Å²) in [6.45, 7) is 4.61. The van der Waals surface area contributed by atoms with Crippen LogP contribution in [-0.2, 0) is 14.4 Å². The number of imide groups is 2. The molecule has 0 radical (unpaired) electrons. The lowest BCUT2D eigenvalue weighted by atomic mass is 9.85. The number of hydrogen-bond acceptors (Lipinski definition) is 6. The van der Waals surface area contributed by atoms with Crippen molar-refractivity contribution in [3.05, 3.63) is 33.4 Å². The first-order chi connectivity index (χ1) is 14.1. The van der Waals surface area contributed by atoms with Crippen LogP contribution in [-0.4, -0.2) is 51.1 Å². The first-order valence-corrected chi connectivity index (χ1v) is 9.87. The Hall–Kier alpha value is -3.30. The van der Waals surface area contributed by atoms with Crippen LogP contribution < -0.4 is 5.32 Å². The van der Waals surface area contributed by atoms with E-state index in [-0.39, 0.29) is 23.3 Å². The first kappa shape index (κ1) is 21.4. The highest BCUT2D eigenvalue weighted by atomic mass is 16.6. The Bertz CT molecular complexity index is 943. The van der Waals surface area contributed by atoms with E-state index in [4.69, 9.17) is 0 Å². The van der Waals surface area contributed by atoms with E-state index in [9.17, 15) is 29.3 Å². The lowest BCUT2D eigenvalue weighted by Gasteiger charge is -2.34. The molecule has 1 aliphatic heterocycles. The molecule has 0 spiro atoms. The Kier molecular flexibility index (Phi) is 5.86. The molecule has 2 fully saturated rings. The Balaban J connectivity index is 1.78. The summed E-state index contributed by atoms with van der Waals surface area (Å²) in [4.78, 5) is 62.4. The SMILES string of the molecule is Cc1ccc([N+](=O)[O-])c(NC(=O)CN2C(=O)C(=O)N([C@H]3CCCC[C@@H]3C)C2=O)c1C. The fraction of sp³-hybridized carbons (Fsp3) is 0.500. The molecule has 0 bridgehead atoms. The van der Waals surface area contributed by atoms with Gasteiger partial charge >= 0.3 is 17.8 Å². The minimum absolute atomic E-state index is 0.00757. The minimum Gasteiger partial charge on any atom is -0.319 e. The van der Waals surface area contributed by atoms with Crippen molar-refractivity contribution in [1.82, 2.24) is 9.80 Å². The highest BCUT2D eigenvalue weighted by Gasteiger charge is 2.49. The Morgan fingerprint density at radius 3 is 2.47 bits per heavy atom. The topological polar surface area (TPSA) is 130 Å². The highest BCUT2D eigenvalue weighted by Crippen LogP contribution is 2.32. The molecule has 1 aromatic rings. The number of carbonyl (C=O) groups is 4. The van der Waals surface area contributed by atoms with E-state index in [1.54, 1.807) is 19.9 Å². The number of rotatable bonds is 5. The molecule has 0 unspecified atom stereocenters. The van der Waals surface area contributed by atoms with Gasteiger partial charge in [0.15, 0.2) is 0 Å². The maximum atomic E-state index is 12.8. The zero-order valence-electron chi connectivity index (χ0n) is 17.1. The number of aryl methyl sites for hydroxylation is 1. The van der Waals surface area contributed by atoms with Crippen LogP contribution in [0.4, 0.5) is 16.2 Å². The smallest absolute Gasteiger partial charge is 0.319 e.